The normalized spacial score (nSPS) is 15.1. The number of methoxy groups -OCH3 is 1. The summed E-state index contributed by atoms with van der Waals surface area (Å²) in [6.45, 7) is 2.49. The molecule has 0 radical (unpaired) electrons. The van der Waals surface area contributed by atoms with Gasteiger partial charge in [-0.15, -0.1) is 0 Å². The van der Waals surface area contributed by atoms with Crippen molar-refractivity contribution in [3.05, 3.63) is 59.1 Å². The number of ether oxygens (including phenoxy) is 1. The third-order valence-corrected chi connectivity index (χ3v) is 7.22. The summed E-state index contributed by atoms with van der Waals surface area (Å²) in [5, 5.41) is 3.17. The van der Waals surface area contributed by atoms with E-state index in [9.17, 15) is 13.2 Å². The monoisotopic (exact) mass is 451 g/mol. The minimum Gasteiger partial charge on any atom is -0.496 e. The summed E-state index contributed by atoms with van der Waals surface area (Å²) in [4.78, 5) is 14.5. The zero-order valence-corrected chi connectivity index (χ0v) is 18.5. The van der Waals surface area contributed by atoms with Gasteiger partial charge in [-0.05, 0) is 36.8 Å². The molecule has 1 aliphatic rings. The summed E-state index contributed by atoms with van der Waals surface area (Å²) < 4.78 is 32.0. The van der Waals surface area contributed by atoms with Crippen LogP contribution in [0.4, 0.5) is 5.69 Å². The Morgan fingerprint density at radius 2 is 1.80 bits per heavy atom. The lowest BCUT2D eigenvalue weighted by molar-refractivity contribution is 0.0950. The summed E-state index contributed by atoms with van der Waals surface area (Å²) in [5.41, 5.74) is 1.43. The van der Waals surface area contributed by atoms with E-state index in [-0.39, 0.29) is 18.2 Å². The third kappa shape index (κ3) is 5.65. The molecule has 2 aromatic rings. The molecule has 0 aromatic heterocycles. The van der Waals surface area contributed by atoms with E-state index in [0.29, 0.717) is 48.9 Å². The number of anilines is 1. The van der Waals surface area contributed by atoms with Gasteiger partial charge in [-0.25, -0.2) is 8.42 Å². The van der Waals surface area contributed by atoms with E-state index in [4.69, 9.17) is 16.3 Å². The first kappa shape index (κ1) is 22.4. The second-order valence-electron chi connectivity index (χ2n) is 6.99. The van der Waals surface area contributed by atoms with Crippen molar-refractivity contribution in [2.45, 2.75) is 6.42 Å². The highest BCUT2D eigenvalue weighted by molar-refractivity contribution is 7.89. The van der Waals surface area contributed by atoms with Gasteiger partial charge in [0.05, 0.1) is 18.4 Å². The second kappa shape index (κ2) is 10.1. The van der Waals surface area contributed by atoms with Crippen LogP contribution in [-0.4, -0.2) is 64.2 Å². The Balaban J connectivity index is 1.46. The van der Waals surface area contributed by atoms with Gasteiger partial charge in [0.2, 0.25) is 10.0 Å². The summed E-state index contributed by atoms with van der Waals surface area (Å²) in [6.07, 6.45) is 0.329. The number of piperazine rings is 1. The molecule has 3 rings (SSSR count). The minimum atomic E-state index is -3.36. The van der Waals surface area contributed by atoms with E-state index in [2.05, 4.69) is 10.2 Å². The van der Waals surface area contributed by atoms with E-state index < -0.39 is 10.0 Å². The number of hydrogen-bond donors (Lipinski definition) is 1. The molecule has 1 amide bonds. The van der Waals surface area contributed by atoms with Crippen molar-refractivity contribution in [2.24, 2.45) is 0 Å². The molecule has 0 spiro atoms. The van der Waals surface area contributed by atoms with Crippen LogP contribution in [0.15, 0.2) is 48.5 Å². The Kier molecular flexibility index (Phi) is 7.58. The third-order valence-electron chi connectivity index (χ3n) is 5.02. The molecule has 0 saturated carbocycles. The van der Waals surface area contributed by atoms with Gasteiger partial charge in [-0.2, -0.15) is 4.31 Å². The Morgan fingerprint density at radius 3 is 2.47 bits per heavy atom. The highest BCUT2D eigenvalue weighted by atomic mass is 35.5. The average molecular weight is 452 g/mol. The Morgan fingerprint density at radius 1 is 1.10 bits per heavy atom. The summed E-state index contributed by atoms with van der Waals surface area (Å²) >= 11 is 5.95. The maximum Gasteiger partial charge on any atom is 0.255 e. The fraction of sp³-hybridized carbons (Fsp3) is 0.381. The lowest BCUT2D eigenvalue weighted by atomic mass is 10.2. The van der Waals surface area contributed by atoms with Crippen LogP contribution in [0.3, 0.4) is 0 Å². The molecule has 1 aliphatic heterocycles. The lowest BCUT2D eigenvalue weighted by Crippen LogP contribution is -2.49. The van der Waals surface area contributed by atoms with Gasteiger partial charge >= 0.3 is 0 Å². The van der Waals surface area contributed by atoms with E-state index in [1.165, 1.54) is 17.5 Å². The van der Waals surface area contributed by atoms with Crippen molar-refractivity contribution in [1.82, 2.24) is 9.62 Å². The van der Waals surface area contributed by atoms with Gasteiger partial charge in [0, 0.05) is 43.4 Å². The molecular formula is C21H26ClN3O4S. The number of amides is 1. The number of hydrogen-bond acceptors (Lipinski definition) is 5. The van der Waals surface area contributed by atoms with Crippen molar-refractivity contribution in [3.8, 4) is 5.75 Å². The van der Waals surface area contributed by atoms with E-state index in [0.717, 1.165) is 5.69 Å². The quantitative estimate of drug-likeness (QED) is 0.624. The van der Waals surface area contributed by atoms with E-state index in [1.54, 1.807) is 12.1 Å². The zero-order valence-electron chi connectivity index (χ0n) is 16.9. The van der Waals surface area contributed by atoms with Crippen molar-refractivity contribution >= 4 is 33.2 Å². The molecule has 30 heavy (non-hydrogen) atoms. The van der Waals surface area contributed by atoms with Crippen LogP contribution in [0.2, 0.25) is 5.02 Å². The zero-order chi connectivity index (χ0) is 21.6. The van der Waals surface area contributed by atoms with Gasteiger partial charge in [-0.1, -0.05) is 29.8 Å². The number of nitrogens with zero attached hydrogens (tertiary/aromatic N) is 2. The van der Waals surface area contributed by atoms with Crippen molar-refractivity contribution in [1.29, 1.82) is 0 Å². The molecule has 1 heterocycles. The number of carbonyl (C=O) groups excluding carboxylic acids is 1. The lowest BCUT2D eigenvalue weighted by Gasteiger charge is -2.35. The summed E-state index contributed by atoms with van der Waals surface area (Å²) in [6, 6.07) is 14.8. The Hall–Kier alpha value is -2.29. The molecule has 1 N–H and O–H groups in total. The molecule has 0 bridgehead atoms. The minimum absolute atomic E-state index is 0.00863. The fourth-order valence-corrected chi connectivity index (χ4v) is 5.06. The van der Waals surface area contributed by atoms with Crippen LogP contribution in [-0.2, 0) is 10.0 Å². The Bertz CT molecular complexity index is 961. The molecular weight excluding hydrogens is 426 g/mol. The highest BCUT2D eigenvalue weighted by Gasteiger charge is 2.26. The predicted octanol–water partition coefficient (Wildman–Crippen LogP) is 2.62. The van der Waals surface area contributed by atoms with Crippen LogP contribution >= 0.6 is 11.6 Å². The van der Waals surface area contributed by atoms with Gasteiger partial charge in [0.25, 0.3) is 5.91 Å². The van der Waals surface area contributed by atoms with Crippen molar-refractivity contribution in [2.75, 3.05) is 50.5 Å². The molecule has 7 nitrogen and oxygen atoms in total. The molecule has 0 aliphatic carbocycles. The van der Waals surface area contributed by atoms with Crippen LogP contribution < -0.4 is 15.0 Å². The number of sulfonamides is 1. The first-order valence-corrected chi connectivity index (χ1v) is 11.8. The molecule has 1 saturated heterocycles. The highest BCUT2D eigenvalue weighted by Crippen LogP contribution is 2.22. The number of benzene rings is 2. The van der Waals surface area contributed by atoms with Gasteiger partial charge in [0.1, 0.15) is 5.75 Å². The average Bonchev–Trinajstić information content (AvgIpc) is 2.77. The summed E-state index contributed by atoms with van der Waals surface area (Å²) in [7, 11) is -1.89. The van der Waals surface area contributed by atoms with Crippen molar-refractivity contribution < 1.29 is 17.9 Å². The van der Waals surface area contributed by atoms with Crippen LogP contribution in [0, 0.1) is 0 Å². The maximum atomic E-state index is 12.6. The molecule has 0 atom stereocenters. The fourth-order valence-electron chi connectivity index (χ4n) is 3.40. The maximum absolute atomic E-state index is 12.6. The summed E-state index contributed by atoms with van der Waals surface area (Å²) in [5.74, 6) is 0.0645. The largest absolute Gasteiger partial charge is 0.496 e. The number of para-hydroxylation sites is 1. The molecule has 162 valence electrons. The number of halogens is 1. The topological polar surface area (TPSA) is 78.9 Å². The second-order valence-corrected chi connectivity index (χ2v) is 9.52. The first-order valence-electron chi connectivity index (χ1n) is 9.80. The number of carbonyl (C=O) groups is 1. The smallest absolute Gasteiger partial charge is 0.255 e. The molecule has 2 aromatic carbocycles. The van der Waals surface area contributed by atoms with Gasteiger partial charge in [0.15, 0.2) is 0 Å². The number of rotatable bonds is 8. The van der Waals surface area contributed by atoms with Crippen LogP contribution in [0.25, 0.3) is 0 Å². The number of nitrogens with one attached hydrogen (secondary N) is 1. The molecule has 9 heteroatoms. The van der Waals surface area contributed by atoms with Gasteiger partial charge < -0.3 is 15.0 Å². The Labute approximate surface area is 182 Å². The molecule has 1 fully saturated rings. The first-order chi connectivity index (χ1) is 14.4. The SMILES string of the molecule is COc1ccc(Cl)cc1C(=O)NCCCS(=O)(=O)N1CCN(c2ccccc2)CC1. The standard InChI is InChI=1S/C21H26ClN3O4S/c1-29-20-9-8-17(22)16-19(20)21(26)23-10-5-15-30(27,28)25-13-11-24(12-14-25)18-6-3-2-4-7-18/h2-4,6-9,16H,5,10-15H2,1H3,(H,23,26). The van der Waals surface area contributed by atoms with E-state index in [1.807, 2.05) is 30.3 Å². The van der Waals surface area contributed by atoms with Crippen LogP contribution in [0.1, 0.15) is 16.8 Å². The molecule has 0 unspecified atom stereocenters. The van der Waals surface area contributed by atoms with Gasteiger partial charge in [-0.3, -0.25) is 4.79 Å². The predicted molar refractivity (Wildman–Crippen MR) is 119 cm³/mol. The van der Waals surface area contributed by atoms with Crippen LogP contribution in [0.5, 0.6) is 5.75 Å². The van der Waals surface area contributed by atoms with E-state index >= 15 is 0 Å². The van der Waals surface area contributed by atoms with Crippen molar-refractivity contribution in [3.63, 3.8) is 0 Å².